The van der Waals surface area contributed by atoms with Crippen molar-refractivity contribution in [2.24, 2.45) is 5.92 Å². The minimum atomic E-state index is -3.78. The second-order valence-electron chi connectivity index (χ2n) is 4.75. The van der Waals surface area contributed by atoms with Crippen LogP contribution in [0.5, 0.6) is 0 Å². The molecule has 0 amide bonds. The maximum atomic E-state index is 13.5. The summed E-state index contributed by atoms with van der Waals surface area (Å²) in [5.41, 5.74) is 0. The fourth-order valence-electron chi connectivity index (χ4n) is 2.19. The number of nitrogens with one attached hydrogen (secondary N) is 2. The van der Waals surface area contributed by atoms with Crippen LogP contribution < -0.4 is 10.0 Å². The maximum absolute atomic E-state index is 13.5. The van der Waals surface area contributed by atoms with Gasteiger partial charge in [0.15, 0.2) is 0 Å². The van der Waals surface area contributed by atoms with E-state index >= 15 is 0 Å². The zero-order chi connectivity index (χ0) is 13.2. The van der Waals surface area contributed by atoms with Gasteiger partial charge in [-0.2, -0.15) is 0 Å². The molecular weight excluding hydrogens is 255 g/mol. The molecule has 1 aromatic carbocycles. The molecule has 1 aliphatic rings. The Bertz CT molecular complexity index is 519. The van der Waals surface area contributed by atoms with Crippen LogP contribution >= 0.6 is 0 Å². The van der Waals surface area contributed by atoms with Crippen LogP contribution in [0.1, 0.15) is 13.3 Å². The Morgan fingerprint density at radius 1 is 1.33 bits per heavy atom. The molecule has 1 heterocycles. The van der Waals surface area contributed by atoms with E-state index in [0.29, 0.717) is 12.5 Å². The molecule has 2 N–H and O–H groups in total. The lowest BCUT2D eigenvalue weighted by Gasteiger charge is -2.28. The first-order chi connectivity index (χ1) is 8.49. The van der Waals surface area contributed by atoms with Gasteiger partial charge in [-0.05, 0) is 31.0 Å². The van der Waals surface area contributed by atoms with Gasteiger partial charge in [-0.15, -0.1) is 0 Å². The van der Waals surface area contributed by atoms with E-state index in [1.807, 2.05) is 0 Å². The van der Waals surface area contributed by atoms with Gasteiger partial charge in [0.1, 0.15) is 10.7 Å². The monoisotopic (exact) mass is 272 g/mol. The Balaban J connectivity index is 2.15. The van der Waals surface area contributed by atoms with Crippen molar-refractivity contribution in [2.75, 3.05) is 13.1 Å². The lowest BCUT2D eigenvalue weighted by atomic mass is 9.99. The Labute approximate surface area is 107 Å². The summed E-state index contributed by atoms with van der Waals surface area (Å²) in [6.45, 7) is 3.52. The predicted molar refractivity (Wildman–Crippen MR) is 67.2 cm³/mol. The van der Waals surface area contributed by atoms with Crippen molar-refractivity contribution in [3.05, 3.63) is 30.1 Å². The molecule has 18 heavy (non-hydrogen) atoms. The van der Waals surface area contributed by atoms with Crippen LogP contribution in [0.3, 0.4) is 0 Å². The minimum Gasteiger partial charge on any atom is -0.315 e. The average Bonchev–Trinajstić information content (AvgIpc) is 2.28. The first kappa shape index (κ1) is 13.5. The molecular formula is C12H17FN2O2S. The first-order valence-electron chi connectivity index (χ1n) is 5.96. The number of halogens is 1. The van der Waals surface area contributed by atoms with Crippen LogP contribution in [-0.4, -0.2) is 27.5 Å². The fraction of sp³-hybridized carbons (Fsp3) is 0.500. The minimum absolute atomic E-state index is 0.182. The van der Waals surface area contributed by atoms with E-state index in [2.05, 4.69) is 17.0 Å². The highest BCUT2D eigenvalue weighted by Gasteiger charge is 2.26. The quantitative estimate of drug-likeness (QED) is 0.866. The smallest absolute Gasteiger partial charge is 0.243 e. The number of sulfonamides is 1. The summed E-state index contributed by atoms with van der Waals surface area (Å²) in [6, 6.07) is 5.23. The summed E-state index contributed by atoms with van der Waals surface area (Å²) in [6.07, 6.45) is 0.765. The highest BCUT2D eigenvalue weighted by Crippen LogP contribution is 2.16. The van der Waals surface area contributed by atoms with Crippen LogP contribution in [0.15, 0.2) is 29.2 Å². The van der Waals surface area contributed by atoms with E-state index in [1.54, 1.807) is 0 Å². The first-order valence-corrected chi connectivity index (χ1v) is 7.45. The van der Waals surface area contributed by atoms with Crippen molar-refractivity contribution >= 4 is 10.0 Å². The molecule has 1 fully saturated rings. The summed E-state index contributed by atoms with van der Waals surface area (Å²) < 4.78 is 40.1. The molecule has 0 aromatic heterocycles. The van der Waals surface area contributed by atoms with Crippen LogP contribution in [0, 0.1) is 11.7 Å². The molecule has 2 rings (SSSR count). The standard InChI is InChI=1S/C12H17FN2O2S/c1-9-6-10(8-14-7-9)15-18(16,17)12-5-3-2-4-11(12)13/h2-5,9-10,14-15H,6-8H2,1H3. The molecule has 4 nitrogen and oxygen atoms in total. The Kier molecular flexibility index (Phi) is 3.99. The molecule has 6 heteroatoms. The second-order valence-corrected chi connectivity index (χ2v) is 6.43. The number of hydrogen-bond donors (Lipinski definition) is 2. The van der Waals surface area contributed by atoms with E-state index < -0.39 is 15.8 Å². The van der Waals surface area contributed by atoms with Crippen molar-refractivity contribution in [1.82, 2.24) is 10.0 Å². The molecule has 100 valence electrons. The maximum Gasteiger partial charge on any atom is 0.243 e. The fourth-order valence-corrected chi connectivity index (χ4v) is 3.52. The van der Waals surface area contributed by atoms with E-state index in [0.717, 1.165) is 19.0 Å². The summed E-state index contributed by atoms with van der Waals surface area (Å²) >= 11 is 0. The number of hydrogen-bond acceptors (Lipinski definition) is 3. The molecule has 0 radical (unpaired) electrons. The van der Waals surface area contributed by atoms with E-state index in [9.17, 15) is 12.8 Å². The lowest BCUT2D eigenvalue weighted by molar-refractivity contribution is 0.346. The normalized spacial score (nSPS) is 25.0. The van der Waals surface area contributed by atoms with Gasteiger partial charge in [0.2, 0.25) is 10.0 Å². The van der Waals surface area contributed by atoms with Gasteiger partial charge in [-0.3, -0.25) is 0 Å². The highest BCUT2D eigenvalue weighted by atomic mass is 32.2. The van der Waals surface area contributed by atoms with Crippen molar-refractivity contribution in [3.8, 4) is 0 Å². The van der Waals surface area contributed by atoms with E-state index in [1.165, 1.54) is 18.2 Å². The van der Waals surface area contributed by atoms with Crippen LogP contribution in [0.4, 0.5) is 4.39 Å². The van der Waals surface area contributed by atoms with Gasteiger partial charge in [0.25, 0.3) is 0 Å². The molecule has 1 aromatic rings. The van der Waals surface area contributed by atoms with E-state index in [-0.39, 0.29) is 10.9 Å². The Hall–Kier alpha value is -0.980. The topological polar surface area (TPSA) is 58.2 Å². The zero-order valence-electron chi connectivity index (χ0n) is 10.2. The summed E-state index contributed by atoms with van der Waals surface area (Å²) in [4.78, 5) is -0.289. The Morgan fingerprint density at radius 2 is 2.06 bits per heavy atom. The molecule has 1 aliphatic heterocycles. The van der Waals surface area contributed by atoms with Gasteiger partial charge in [-0.1, -0.05) is 19.1 Å². The molecule has 0 aliphatic carbocycles. The van der Waals surface area contributed by atoms with Crippen LogP contribution in [0.25, 0.3) is 0 Å². The van der Waals surface area contributed by atoms with Crippen LogP contribution in [-0.2, 0) is 10.0 Å². The molecule has 2 atom stereocenters. The third-order valence-corrected chi connectivity index (χ3v) is 4.57. The highest BCUT2D eigenvalue weighted by molar-refractivity contribution is 7.89. The zero-order valence-corrected chi connectivity index (χ0v) is 11.0. The van der Waals surface area contributed by atoms with Gasteiger partial charge < -0.3 is 5.32 Å². The van der Waals surface area contributed by atoms with Crippen molar-refractivity contribution in [3.63, 3.8) is 0 Å². The van der Waals surface area contributed by atoms with Crippen LogP contribution in [0.2, 0.25) is 0 Å². The number of piperidine rings is 1. The lowest BCUT2D eigenvalue weighted by Crippen LogP contribution is -2.48. The number of benzene rings is 1. The third kappa shape index (κ3) is 3.07. The summed E-state index contributed by atoms with van der Waals surface area (Å²) in [5.74, 6) is -0.311. The largest absolute Gasteiger partial charge is 0.315 e. The predicted octanol–water partition coefficient (Wildman–Crippen LogP) is 1.10. The summed E-state index contributed by atoms with van der Waals surface area (Å²) in [7, 11) is -3.78. The summed E-state index contributed by atoms with van der Waals surface area (Å²) in [5, 5.41) is 3.15. The van der Waals surface area contributed by atoms with Crippen molar-refractivity contribution in [1.29, 1.82) is 0 Å². The SMILES string of the molecule is CC1CNCC(NS(=O)(=O)c2ccccc2F)C1. The molecule has 1 saturated heterocycles. The molecule has 2 unspecified atom stereocenters. The number of rotatable bonds is 3. The Morgan fingerprint density at radius 3 is 2.72 bits per heavy atom. The van der Waals surface area contributed by atoms with Gasteiger partial charge >= 0.3 is 0 Å². The van der Waals surface area contributed by atoms with Gasteiger partial charge in [0, 0.05) is 12.6 Å². The average molecular weight is 272 g/mol. The van der Waals surface area contributed by atoms with Crippen molar-refractivity contribution < 1.29 is 12.8 Å². The molecule has 0 spiro atoms. The third-order valence-electron chi connectivity index (χ3n) is 3.02. The van der Waals surface area contributed by atoms with Gasteiger partial charge in [0.05, 0.1) is 0 Å². The van der Waals surface area contributed by atoms with E-state index in [4.69, 9.17) is 0 Å². The second kappa shape index (κ2) is 5.34. The molecule has 0 bridgehead atoms. The van der Waals surface area contributed by atoms with Gasteiger partial charge in [-0.25, -0.2) is 17.5 Å². The van der Waals surface area contributed by atoms with Crippen molar-refractivity contribution in [2.45, 2.75) is 24.3 Å². The molecule has 0 saturated carbocycles.